The van der Waals surface area contributed by atoms with E-state index >= 15 is 0 Å². The van der Waals surface area contributed by atoms with Gasteiger partial charge >= 0.3 is 5.97 Å². The van der Waals surface area contributed by atoms with Gasteiger partial charge in [-0.1, -0.05) is 20.8 Å². The van der Waals surface area contributed by atoms with Crippen molar-refractivity contribution in [2.45, 2.75) is 33.1 Å². The Labute approximate surface area is 107 Å². The zero-order valence-electron chi connectivity index (χ0n) is 11.2. The van der Waals surface area contributed by atoms with Crippen LogP contribution < -0.4 is 4.74 Å². The standard InChI is InChI=1S/C14H19FO3/c1-8(2)13-10(5-9(3)14(16)17)6-11(15)7-12(13)18-4/h6-9H,5H2,1-4H3,(H,16,17). The molecule has 0 radical (unpaired) electrons. The van der Waals surface area contributed by atoms with Crippen LogP contribution >= 0.6 is 0 Å². The molecule has 1 aromatic carbocycles. The predicted octanol–water partition coefficient (Wildman–Crippen LogP) is 3.22. The second kappa shape index (κ2) is 5.85. The minimum absolute atomic E-state index is 0.150. The molecule has 18 heavy (non-hydrogen) atoms. The summed E-state index contributed by atoms with van der Waals surface area (Å²) in [5.74, 6) is -1.19. The van der Waals surface area contributed by atoms with Gasteiger partial charge in [-0.3, -0.25) is 4.79 Å². The molecule has 0 bridgehead atoms. The van der Waals surface area contributed by atoms with Crippen LogP contribution in [0.5, 0.6) is 5.75 Å². The molecule has 0 heterocycles. The summed E-state index contributed by atoms with van der Waals surface area (Å²) in [6.07, 6.45) is 0.303. The summed E-state index contributed by atoms with van der Waals surface area (Å²) in [5.41, 5.74) is 1.59. The fraction of sp³-hybridized carbons (Fsp3) is 0.500. The smallest absolute Gasteiger partial charge is 0.306 e. The summed E-state index contributed by atoms with van der Waals surface area (Å²) in [4.78, 5) is 10.9. The Bertz CT molecular complexity index is 441. The highest BCUT2D eigenvalue weighted by atomic mass is 19.1. The molecule has 1 N–H and O–H groups in total. The van der Waals surface area contributed by atoms with Crippen molar-refractivity contribution >= 4 is 5.97 Å². The molecule has 1 unspecified atom stereocenters. The molecular formula is C14H19FO3. The fourth-order valence-corrected chi connectivity index (χ4v) is 2.06. The minimum atomic E-state index is -0.882. The number of methoxy groups -OCH3 is 1. The molecule has 1 rings (SSSR count). The Morgan fingerprint density at radius 2 is 2.00 bits per heavy atom. The third kappa shape index (κ3) is 3.22. The highest BCUT2D eigenvalue weighted by Gasteiger charge is 2.19. The molecule has 1 aromatic rings. The van der Waals surface area contributed by atoms with E-state index in [0.29, 0.717) is 17.7 Å². The lowest BCUT2D eigenvalue weighted by Gasteiger charge is -2.18. The minimum Gasteiger partial charge on any atom is -0.496 e. The molecule has 0 saturated carbocycles. The molecule has 0 fully saturated rings. The van der Waals surface area contributed by atoms with E-state index in [4.69, 9.17) is 9.84 Å². The second-order valence-corrected chi connectivity index (χ2v) is 4.78. The molecule has 100 valence electrons. The summed E-state index contributed by atoms with van der Waals surface area (Å²) in [7, 11) is 1.49. The second-order valence-electron chi connectivity index (χ2n) is 4.78. The Hall–Kier alpha value is -1.58. The average Bonchev–Trinajstić information content (AvgIpc) is 2.27. The topological polar surface area (TPSA) is 46.5 Å². The van der Waals surface area contributed by atoms with Crippen LogP contribution in [0.2, 0.25) is 0 Å². The average molecular weight is 254 g/mol. The van der Waals surface area contributed by atoms with Gasteiger partial charge in [-0.15, -0.1) is 0 Å². The molecule has 0 spiro atoms. The number of ether oxygens (including phenoxy) is 1. The monoisotopic (exact) mass is 254 g/mol. The number of hydrogen-bond donors (Lipinski definition) is 1. The van der Waals surface area contributed by atoms with Crippen LogP contribution in [-0.2, 0) is 11.2 Å². The molecule has 0 amide bonds. The SMILES string of the molecule is COc1cc(F)cc(CC(C)C(=O)O)c1C(C)C. The van der Waals surface area contributed by atoms with Gasteiger partial charge in [0.1, 0.15) is 11.6 Å². The predicted molar refractivity (Wildman–Crippen MR) is 67.5 cm³/mol. The van der Waals surface area contributed by atoms with Gasteiger partial charge in [-0.25, -0.2) is 4.39 Å². The largest absolute Gasteiger partial charge is 0.496 e. The van der Waals surface area contributed by atoms with Crippen molar-refractivity contribution < 1.29 is 19.0 Å². The molecular weight excluding hydrogens is 235 g/mol. The van der Waals surface area contributed by atoms with E-state index < -0.39 is 17.7 Å². The van der Waals surface area contributed by atoms with E-state index in [9.17, 15) is 9.18 Å². The van der Waals surface area contributed by atoms with E-state index in [1.54, 1.807) is 6.92 Å². The zero-order valence-corrected chi connectivity index (χ0v) is 11.2. The van der Waals surface area contributed by atoms with Gasteiger partial charge in [0.2, 0.25) is 0 Å². The van der Waals surface area contributed by atoms with Crippen LogP contribution in [-0.4, -0.2) is 18.2 Å². The van der Waals surface area contributed by atoms with Crippen molar-refractivity contribution in [1.29, 1.82) is 0 Å². The summed E-state index contributed by atoms with van der Waals surface area (Å²) >= 11 is 0. The highest BCUT2D eigenvalue weighted by Crippen LogP contribution is 2.32. The first-order chi connectivity index (χ1) is 8.36. The highest BCUT2D eigenvalue weighted by molar-refractivity contribution is 5.70. The first-order valence-corrected chi connectivity index (χ1v) is 5.95. The van der Waals surface area contributed by atoms with Crippen molar-refractivity contribution in [3.63, 3.8) is 0 Å². The van der Waals surface area contributed by atoms with Gasteiger partial charge in [0.05, 0.1) is 13.0 Å². The Morgan fingerprint density at radius 1 is 1.39 bits per heavy atom. The summed E-state index contributed by atoms with van der Waals surface area (Å²) in [6, 6.07) is 2.74. The van der Waals surface area contributed by atoms with Gasteiger partial charge in [0.15, 0.2) is 0 Å². The number of rotatable bonds is 5. The molecule has 0 aliphatic carbocycles. The maximum Gasteiger partial charge on any atom is 0.306 e. The van der Waals surface area contributed by atoms with Gasteiger partial charge in [-0.05, 0) is 24.0 Å². The number of aliphatic carboxylic acids is 1. The first kappa shape index (κ1) is 14.5. The quantitative estimate of drug-likeness (QED) is 0.877. The van der Waals surface area contributed by atoms with Crippen LogP contribution in [0.4, 0.5) is 4.39 Å². The molecule has 0 aromatic heterocycles. The number of benzene rings is 1. The van der Waals surface area contributed by atoms with E-state index in [1.807, 2.05) is 13.8 Å². The molecule has 0 aliphatic rings. The lowest BCUT2D eigenvalue weighted by molar-refractivity contribution is -0.141. The van der Waals surface area contributed by atoms with Crippen LogP contribution in [0.3, 0.4) is 0 Å². The third-order valence-electron chi connectivity index (χ3n) is 2.94. The molecule has 0 saturated heterocycles. The number of halogens is 1. The molecule has 0 aliphatic heterocycles. The number of carbonyl (C=O) groups is 1. The van der Waals surface area contributed by atoms with E-state index in [0.717, 1.165) is 5.56 Å². The van der Waals surface area contributed by atoms with Gasteiger partial charge in [0, 0.05) is 11.6 Å². The van der Waals surface area contributed by atoms with Gasteiger partial charge in [0.25, 0.3) is 0 Å². The third-order valence-corrected chi connectivity index (χ3v) is 2.94. The van der Waals surface area contributed by atoms with Crippen molar-refractivity contribution in [3.05, 3.63) is 29.1 Å². The number of hydrogen-bond acceptors (Lipinski definition) is 2. The maximum atomic E-state index is 13.5. The van der Waals surface area contributed by atoms with Crippen molar-refractivity contribution in [1.82, 2.24) is 0 Å². The maximum absolute atomic E-state index is 13.5. The molecule has 4 heteroatoms. The van der Waals surface area contributed by atoms with Gasteiger partial charge in [-0.2, -0.15) is 0 Å². The first-order valence-electron chi connectivity index (χ1n) is 5.95. The van der Waals surface area contributed by atoms with Gasteiger partial charge < -0.3 is 9.84 Å². The Morgan fingerprint density at radius 3 is 2.44 bits per heavy atom. The van der Waals surface area contributed by atoms with Crippen molar-refractivity contribution in [3.8, 4) is 5.75 Å². The fourth-order valence-electron chi connectivity index (χ4n) is 2.06. The number of carboxylic acid groups (broad SMARTS) is 1. The van der Waals surface area contributed by atoms with Crippen molar-refractivity contribution in [2.24, 2.45) is 5.92 Å². The Balaban J connectivity index is 3.23. The summed E-state index contributed by atoms with van der Waals surface area (Å²) in [5, 5.41) is 8.94. The van der Waals surface area contributed by atoms with Crippen LogP contribution in [0.15, 0.2) is 12.1 Å². The van der Waals surface area contributed by atoms with E-state index in [1.165, 1.54) is 19.2 Å². The van der Waals surface area contributed by atoms with Crippen LogP contribution in [0.25, 0.3) is 0 Å². The summed E-state index contributed by atoms with van der Waals surface area (Å²) in [6.45, 7) is 5.57. The number of carboxylic acids is 1. The summed E-state index contributed by atoms with van der Waals surface area (Å²) < 4.78 is 18.7. The normalized spacial score (nSPS) is 12.6. The lowest BCUT2D eigenvalue weighted by atomic mass is 9.90. The van der Waals surface area contributed by atoms with Crippen molar-refractivity contribution in [2.75, 3.05) is 7.11 Å². The zero-order chi connectivity index (χ0) is 13.9. The Kier molecular flexibility index (Phi) is 4.70. The van der Waals surface area contributed by atoms with Crippen LogP contribution in [0.1, 0.15) is 37.8 Å². The molecule has 1 atom stereocenters. The molecule has 3 nitrogen and oxygen atoms in total. The van der Waals surface area contributed by atoms with Crippen LogP contribution in [0, 0.1) is 11.7 Å². The van der Waals surface area contributed by atoms with E-state index in [-0.39, 0.29) is 5.92 Å². The lowest BCUT2D eigenvalue weighted by Crippen LogP contribution is -2.14. The van der Waals surface area contributed by atoms with E-state index in [2.05, 4.69) is 0 Å².